The summed E-state index contributed by atoms with van der Waals surface area (Å²) in [5.41, 5.74) is 3.54. The Hall–Kier alpha value is -1.79. The molecule has 0 radical (unpaired) electrons. The second-order valence-corrected chi connectivity index (χ2v) is 9.44. The van der Waals surface area contributed by atoms with Gasteiger partial charge in [0.1, 0.15) is 0 Å². The second kappa shape index (κ2) is 11.4. The first-order chi connectivity index (χ1) is 14.1. The summed E-state index contributed by atoms with van der Waals surface area (Å²) in [5, 5.41) is 3.25. The number of anilines is 1. The quantitative estimate of drug-likeness (QED) is 0.568. The predicted molar refractivity (Wildman–Crippen MR) is 124 cm³/mol. The Morgan fingerprint density at radius 1 is 1.21 bits per heavy atom. The third-order valence-corrected chi connectivity index (χ3v) is 6.43. The molecule has 29 heavy (non-hydrogen) atoms. The van der Waals surface area contributed by atoms with Crippen molar-refractivity contribution in [3.8, 4) is 0 Å². The van der Waals surface area contributed by atoms with Gasteiger partial charge in [0.25, 0.3) is 5.56 Å². The molecule has 0 amide bonds. The van der Waals surface area contributed by atoms with Crippen LogP contribution in [0.2, 0.25) is 0 Å². The Kier molecular flexibility index (Phi) is 8.62. The van der Waals surface area contributed by atoms with Crippen molar-refractivity contribution in [2.24, 2.45) is 5.92 Å². The van der Waals surface area contributed by atoms with Crippen molar-refractivity contribution in [2.45, 2.75) is 50.8 Å². The van der Waals surface area contributed by atoms with E-state index in [-0.39, 0.29) is 5.56 Å². The van der Waals surface area contributed by atoms with Crippen LogP contribution in [0.3, 0.4) is 0 Å². The van der Waals surface area contributed by atoms with Crippen LogP contribution in [-0.4, -0.2) is 41.3 Å². The Bertz CT molecular complexity index is 815. The fraction of sp³-hybridized carbons (Fsp3) is 0.565. The zero-order valence-corrected chi connectivity index (χ0v) is 18.6. The van der Waals surface area contributed by atoms with Gasteiger partial charge in [-0.25, -0.2) is 4.98 Å². The van der Waals surface area contributed by atoms with Crippen LogP contribution in [-0.2, 0) is 18.7 Å². The third-order valence-electron chi connectivity index (χ3n) is 5.40. The lowest BCUT2D eigenvalue weighted by molar-refractivity contribution is 0.355. The number of thioether (sulfide) groups is 1. The largest absolute Gasteiger partial charge is 0.355 e. The molecule has 2 aromatic rings. The monoisotopic (exact) mass is 414 g/mol. The van der Waals surface area contributed by atoms with Crippen LogP contribution < -0.4 is 10.9 Å². The Balaban J connectivity index is 1.39. The highest BCUT2D eigenvalue weighted by molar-refractivity contribution is 7.98. The number of benzene rings is 1. The van der Waals surface area contributed by atoms with Crippen molar-refractivity contribution < 1.29 is 0 Å². The summed E-state index contributed by atoms with van der Waals surface area (Å²) >= 11 is 1.89. The molecular weight excluding hydrogens is 380 g/mol. The van der Waals surface area contributed by atoms with Crippen molar-refractivity contribution in [2.75, 3.05) is 31.7 Å². The maximum Gasteiger partial charge on any atom is 0.255 e. The molecule has 0 saturated heterocycles. The average molecular weight is 415 g/mol. The summed E-state index contributed by atoms with van der Waals surface area (Å²) in [5.74, 6) is 3.19. The fourth-order valence-corrected chi connectivity index (χ4v) is 4.78. The summed E-state index contributed by atoms with van der Waals surface area (Å²) < 4.78 is 0. The molecule has 1 heterocycles. The van der Waals surface area contributed by atoms with Gasteiger partial charge in [-0.15, -0.1) is 0 Å². The minimum absolute atomic E-state index is 0.0124. The van der Waals surface area contributed by atoms with Gasteiger partial charge in [0.2, 0.25) is 5.95 Å². The number of aromatic nitrogens is 2. The van der Waals surface area contributed by atoms with Crippen LogP contribution >= 0.6 is 11.8 Å². The summed E-state index contributed by atoms with van der Waals surface area (Å²) in [6, 6.07) is 8.78. The lowest BCUT2D eigenvalue weighted by Gasteiger charge is -2.20. The molecule has 0 atom stereocenters. The molecule has 0 aliphatic heterocycles. The van der Waals surface area contributed by atoms with Gasteiger partial charge in [-0.2, -0.15) is 11.8 Å². The van der Waals surface area contributed by atoms with Gasteiger partial charge < -0.3 is 10.2 Å². The van der Waals surface area contributed by atoms with Crippen molar-refractivity contribution in [3.63, 3.8) is 0 Å². The van der Waals surface area contributed by atoms with Crippen LogP contribution in [0.5, 0.6) is 0 Å². The van der Waals surface area contributed by atoms with E-state index in [1.807, 2.05) is 11.8 Å². The van der Waals surface area contributed by atoms with Gasteiger partial charge in [-0.05, 0) is 37.6 Å². The second-order valence-electron chi connectivity index (χ2n) is 8.33. The molecule has 2 N–H and O–H groups in total. The maximum atomic E-state index is 12.4. The molecule has 5 nitrogen and oxygen atoms in total. The molecule has 0 bridgehead atoms. The van der Waals surface area contributed by atoms with Crippen molar-refractivity contribution >= 4 is 17.7 Å². The van der Waals surface area contributed by atoms with E-state index in [1.54, 1.807) is 6.20 Å². The normalized spacial score (nSPS) is 15.0. The van der Waals surface area contributed by atoms with Crippen LogP contribution in [0, 0.1) is 5.92 Å². The number of hydrogen-bond acceptors (Lipinski definition) is 5. The molecule has 6 heteroatoms. The zero-order valence-electron chi connectivity index (χ0n) is 17.7. The topological polar surface area (TPSA) is 61.0 Å². The highest BCUT2D eigenvalue weighted by Gasteiger charge is 2.15. The van der Waals surface area contributed by atoms with E-state index in [1.165, 1.54) is 43.2 Å². The average Bonchev–Trinajstić information content (AvgIpc) is 2.70. The Morgan fingerprint density at radius 2 is 2.00 bits per heavy atom. The van der Waals surface area contributed by atoms with E-state index in [9.17, 15) is 4.79 Å². The lowest BCUT2D eigenvalue weighted by atomic mass is 9.85. The van der Waals surface area contributed by atoms with E-state index in [2.05, 4.69) is 58.5 Å². The van der Waals surface area contributed by atoms with Gasteiger partial charge in [0.15, 0.2) is 0 Å². The van der Waals surface area contributed by atoms with Gasteiger partial charge in [-0.1, -0.05) is 56.4 Å². The molecule has 0 spiro atoms. The first-order valence-electron chi connectivity index (χ1n) is 10.7. The molecule has 1 aromatic heterocycles. The molecular formula is C23H34N4OS. The molecule has 1 saturated carbocycles. The number of rotatable bonds is 10. The fourth-order valence-electron chi connectivity index (χ4n) is 3.97. The van der Waals surface area contributed by atoms with E-state index in [4.69, 9.17) is 0 Å². The maximum absolute atomic E-state index is 12.4. The Labute approximate surface area is 178 Å². The summed E-state index contributed by atoms with van der Waals surface area (Å²) in [6.45, 7) is 1.75. The minimum atomic E-state index is 0.0124. The molecule has 1 aliphatic carbocycles. The summed E-state index contributed by atoms with van der Waals surface area (Å²) in [4.78, 5) is 21.9. The lowest BCUT2D eigenvalue weighted by Crippen LogP contribution is -2.21. The molecule has 3 rings (SSSR count). The van der Waals surface area contributed by atoms with Crippen molar-refractivity contribution in [3.05, 3.63) is 57.5 Å². The Morgan fingerprint density at radius 3 is 2.76 bits per heavy atom. The molecule has 158 valence electrons. The number of nitrogens with zero attached hydrogens (tertiary/aromatic N) is 2. The molecule has 0 unspecified atom stereocenters. The van der Waals surface area contributed by atoms with Crippen LogP contribution in [0.25, 0.3) is 0 Å². The number of hydrogen-bond donors (Lipinski definition) is 2. The van der Waals surface area contributed by atoms with Crippen LogP contribution in [0.15, 0.2) is 35.3 Å². The third kappa shape index (κ3) is 7.52. The van der Waals surface area contributed by atoms with E-state index >= 15 is 0 Å². The van der Waals surface area contributed by atoms with Crippen LogP contribution in [0.4, 0.5) is 5.95 Å². The number of nitrogens with one attached hydrogen (secondary N) is 2. The van der Waals surface area contributed by atoms with Crippen LogP contribution in [0.1, 0.15) is 48.8 Å². The van der Waals surface area contributed by atoms with E-state index in [0.717, 1.165) is 36.6 Å². The smallest absolute Gasteiger partial charge is 0.255 e. The molecule has 1 aliphatic rings. The van der Waals surface area contributed by atoms with Gasteiger partial charge >= 0.3 is 0 Å². The molecule has 1 fully saturated rings. The van der Waals surface area contributed by atoms with Gasteiger partial charge in [0, 0.05) is 36.4 Å². The van der Waals surface area contributed by atoms with Crippen molar-refractivity contribution in [1.29, 1.82) is 0 Å². The highest BCUT2D eigenvalue weighted by Crippen LogP contribution is 2.25. The minimum Gasteiger partial charge on any atom is -0.355 e. The zero-order chi connectivity index (χ0) is 20.5. The first-order valence-corrected chi connectivity index (χ1v) is 11.9. The summed E-state index contributed by atoms with van der Waals surface area (Å²) in [7, 11) is 4.18. The first kappa shape index (κ1) is 21.9. The van der Waals surface area contributed by atoms with E-state index < -0.39 is 0 Å². The predicted octanol–water partition coefficient (Wildman–Crippen LogP) is 4.30. The standard InChI is InChI=1S/C23H34N4OS/c1-27(2)16-19-9-6-10-20(13-19)17-29-12-11-24-23-25-15-21(22(28)26-23)14-18-7-4-3-5-8-18/h6,9-10,13,15,18H,3-5,7-8,11-12,14,16-17H2,1-2H3,(H2,24,25,26,28). The number of H-pyrrole nitrogens is 1. The summed E-state index contributed by atoms with van der Waals surface area (Å²) in [6.07, 6.45) is 9.06. The van der Waals surface area contributed by atoms with E-state index in [0.29, 0.717) is 11.9 Å². The number of aromatic amines is 1. The van der Waals surface area contributed by atoms with Gasteiger partial charge in [-0.3, -0.25) is 9.78 Å². The highest BCUT2D eigenvalue weighted by atomic mass is 32.2. The SMILES string of the molecule is CN(C)Cc1cccc(CSCCNc2ncc(CC3CCCCC3)c(=O)[nH]2)c1. The van der Waals surface area contributed by atoms with Crippen molar-refractivity contribution in [1.82, 2.24) is 14.9 Å². The molecule has 1 aromatic carbocycles. The van der Waals surface area contributed by atoms with Gasteiger partial charge in [0.05, 0.1) is 0 Å².